The average molecular weight is 223 g/mol. The predicted octanol–water partition coefficient (Wildman–Crippen LogP) is -3.52. The van der Waals surface area contributed by atoms with Gasteiger partial charge in [0, 0.05) is 0 Å². The second-order valence-electron chi connectivity index (χ2n) is 2.56. The lowest BCUT2D eigenvalue weighted by Crippen LogP contribution is -2.58. The van der Waals surface area contributed by atoms with Crippen molar-refractivity contribution >= 4 is 11.9 Å². The molecular formula is C6H13N3O6. The van der Waals surface area contributed by atoms with Crippen molar-refractivity contribution in [3.63, 3.8) is 0 Å². The van der Waals surface area contributed by atoms with E-state index in [0.717, 1.165) is 0 Å². The van der Waals surface area contributed by atoms with Gasteiger partial charge in [0.1, 0.15) is 12.1 Å². The fourth-order valence-electron chi connectivity index (χ4n) is 0.587. The molecule has 9 nitrogen and oxygen atoms in total. The smallest absolute Gasteiger partial charge is 0.324 e. The molecule has 0 bridgehead atoms. The first kappa shape index (κ1) is 13.7. The lowest BCUT2D eigenvalue weighted by molar-refractivity contribution is -0.141. The number of aliphatic hydroxyl groups excluding tert-OH is 2. The number of rotatable bonds is 8. The summed E-state index contributed by atoms with van der Waals surface area (Å²) in [6.45, 7) is -1.33. The van der Waals surface area contributed by atoms with Crippen molar-refractivity contribution in [2.45, 2.75) is 12.1 Å². The molecule has 2 atom stereocenters. The molecule has 15 heavy (non-hydrogen) atoms. The highest BCUT2D eigenvalue weighted by molar-refractivity contribution is 5.74. The van der Waals surface area contributed by atoms with E-state index >= 15 is 0 Å². The first-order valence-corrected chi connectivity index (χ1v) is 3.96. The van der Waals surface area contributed by atoms with E-state index in [9.17, 15) is 9.59 Å². The van der Waals surface area contributed by atoms with Gasteiger partial charge in [0.2, 0.25) is 0 Å². The normalized spacial score (nSPS) is 14.5. The predicted molar refractivity (Wildman–Crippen MR) is 46.4 cm³/mol. The summed E-state index contributed by atoms with van der Waals surface area (Å²) in [5, 5.41) is 34.0. The van der Waals surface area contributed by atoms with Gasteiger partial charge in [0.15, 0.2) is 0 Å². The Hall–Kier alpha value is -1.26. The first-order valence-electron chi connectivity index (χ1n) is 3.96. The summed E-state index contributed by atoms with van der Waals surface area (Å²) in [5.74, 6) is -2.61. The van der Waals surface area contributed by atoms with Crippen molar-refractivity contribution in [1.29, 1.82) is 0 Å². The van der Waals surface area contributed by atoms with Crippen LogP contribution in [0.25, 0.3) is 0 Å². The summed E-state index contributed by atoms with van der Waals surface area (Å²) in [4.78, 5) is 20.7. The second kappa shape index (κ2) is 7.09. The van der Waals surface area contributed by atoms with E-state index < -0.39 is 37.2 Å². The maximum Gasteiger partial charge on any atom is 0.324 e. The van der Waals surface area contributed by atoms with Gasteiger partial charge in [-0.15, -0.1) is 0 Å². The summed E-state index contributed by atoms with van der Waals surface area (Å²) in [5.41, 5.74) is 6.28. The molecule has 0 aromatic heterocycles. The third-order valence-electron chi connectivity index (χ3n) is 1.45. The maximum absolute atomic E-state index is 10.4. The first-order chi connectivity index (χ1) is 7.02. The Morgan fingerprint density at radius 1 is 0.933 bits per heavy atom. The molecule has 7 N–H and O–H groups in total. The zero-order valence-corrected chi connectivity index (χ0v) is 7.67. The number of aliphatic hydroxyl groups is 2. The number of carboxylic acid groups (broad SMARTS) is 2. The summed E-state index contributed by atoms with van der Waals surface area (Å²) in [6.07, 6.45) is 0. The Morgan fingerprint density at radius 3 is 1.47 bits per heavy atom. The van der Waals surface area contributed by atoms with E-state index in [1.54, 1.807) is 0 Å². The van der Waals surface area contributed by atoms with Crippen LogP contribution in [-0.4, -0.2) is 57.7 Å². The SMILES string of the molecule is O=C(O)[C@H](CO)NNN[C@@H](CO)C(=O)O. The number of nitrogens with one attached hydrogen (secondary N) is 3. The molecule has 0 unspecified atom stereocenters. The highest BCUT2D eigenvalue weighted by Crippen LogP contribution is 1.80. The molecule has 0 aromatic rings. The van der Waals surface area contributed by atoms with E-state index in [1.165, 1.54) is 0 Å². The summed E-state index contributed by atoms with van der Waals surface area (Å²) < 4.78 is 0. The minimum absolute atomic E-state index is 0.666. The van der Waals surface area contributed by atoms with Crippen molar-refractivity contribution in [3.05, 3.63) is 0 Å². The zero-order chi connectivity index (χ0) is 11.8. The molecule has 0 aliphatic heterocycles. The Kier molecular flexibility index (Phi) is 6.49. The molecule has 0 spiro atoms. The van der Waals surface area contributed by atoms with E-state index in [2.05, 4.69) is 16.4 Å². The van der Waals surface area contributed by atoms with Crippen LogP contribution in [0.1, 0.15) is 0 Å². The van der Waals surface area contributed by atoms with Crippen LogP contribution in [0.4, 0.5) is 0 Å². The van der Waals surface area contributed by atoms with Crippen molar-refractivity contribution in [3.8, 4) is 0 Å². The summed E-state index contributed by atoms with van der Waals surface area (Å²) in [6, 6.07) is -2.55. The second-order valence-corrected chi connectivity index (χ2v) is 2.56. The number of carboxylic acids is 2. The van der Waals surface area contributed by atoms with Gasteiger partial charge in [-0.1, -0.05) is 0 Å². The Balaban J connectivity index is 3.85. The summed E-state index contributed by atoms with van der Waals surface area (Å²) >= 11 is 0. The molecule has 0 fully saturated rings. The Labute approximate surface area is 84.7 Å². The number of carbonyl (C=O) groups is 2. The van der Waals surface area contributed by atoms with Crippen LogP contribution >= 0.6 is 0 Å². The van der Waals surface area contributed by atoms with Gasteiger partial charge in [0.05, 0.1) is 13.2 Å². The molecule has 88 valence electrons. The third kappa shape index (κ3) is 5.24. The van der Waals surface area contributed by atoms with E-state index in [0.29, 0.717) is 0 Å². The minimum Gasteiger partial charge on any atom is -0.480 e. The average Bonchev–Trinajstić information content (AvgIpc) is 2.17. The van der Waals surface area contributed by atoms with Crippen LogP contribution in [0.5, 0.6) is 0 Å². The van der Waals surface area contributed by atoms with E-state index in [4.69, 9.17) is 20.4 Å². The summed E-state index contributed by atoms with van der Waals surface area (Å²) in [7, 11) is 0. The molecule has 0 rings (SSSR count). The molecule has 0 heterocycles. The number of aliphatic carboxylic acids is 2. The number of hydrogen-bond acceptors (Lipinski definition) is 7. The number of hydrazine groups is 2. The van der Waals surface area contributed by atoms with Crippen LogP contribution in [0.2, 0.25) is 0 Å². The molecule has 9 heteroatoms. The van der Waals surface area contributed by atoms with Crippen molar-refractivity contribution in [2.24, 2.45) is 0 Å². The molecule has 0 radical (unpaired) electrons. The zero-order valence-electron chi connectivity index (χ0n) is 7.67. The molecule has 0 saturated heterocycles. The molecular weight excluding hydrogens is 210 g/mol. The standard InChI is InChI=1S/C6H13N3O6/c10-1-3(5(12)13)7-9-8-4(2-11)6(14)15/h3-4,7-11H,1-2H2,(H,12,13)(H,14,15)/t3-,4-/m0/s1. The maximum atomic E-state index is 10.4. The highest BCUT2D eigenvalue weighted by Gasteiger charge is 2.18. The lowest BCUT2D eigenvalue weighted by Gasteiger charge is -2.16. The molecule has 0 aliphatic rings. The van der Waals surface area contributed by atoms with Gasteiger partial charge in [-0.25, -0.2) is 10.9 Å². The van der Waals surface area contributed by atoms with Gasteiger partial charge < -0.3 is 20.4 Å². The van der Waals surface area contributed by atoms with Crippen molar-refractivity contribution < 1.29 is 30.0 Å². The number of hydrogen-bond donors (Lipinski definition) is 7. The van der Waals surface area contributed by atoms with Gasteiger partial charge in [-0.05, 0) is 0 Å². The minimum atomic E-state index is -1.30. The monoisotopic (exact) mass is 223 g/mol. The van der Waals surface area contributed by atoms with Crippen LogP contribution in [-0.2, 0) is 9.59 Å². The Bertz CT molecular complexity index is 201. The molecule has 0 amide bonds. The van der Waals surface area contributed by atoms with Crippen molar-refractivity contribution in [1.82, 2.24) is 16.4 Å². The van der Waals surface area contributed by atoms with Gasteiger partial charge >= 0.3 is 11.9 Å². The lowest BCUT2D eigenvalue weighted by atomic mass is 10.3. The molecule has 0 saturated carbocycles. The molecule has 0 aromatic carbocycles. The highest BCUT2D eigenvalue weighted by atomic mass is 16.4. The van der Waals surface area contributed by atoms with Crippen molar-refractivity contribution in [2.75, 3.05) is 13.2 Å². The van der Waals surface area contributed by atoms with Gasteiger partial charge in [0.25, 0.3) is 0 Å². The quantitative estimate of drug-likeness (QED) is 0.208. The van der Waals surface area contributed by atoms with Gasteiger partial charge in [-0.2, -0.15) is 5.53 Å². The third-order valence-corrected chi connectivity index (χ3v) is 1.45. The molecule has 0 aliphatic carbocycles. The topological polar surface area (TPSA) is 151 Å². The largest absolute Gasteiger partial charge is 0.480 e. The van der Waals surface area contributed by atoms with E-state index in [1.807, 2.05) is 0 Å². The van der Waals surface area contributed by atoms with Crippen LogP contribution in [0.3, 0.4) is 0 Å². The van der Waals surface area contributed by atoms with Crippen LogP contribution in [0, 0.1) is 0 Å². The Morgan fingerprint density at radius 2 is 1.27 bits per heavy atom. The van der Waals surface area contributed by atoms with Gasteiger partial charge in [-0.3, -0.25) is 9.59 Å². The van der Waals surface area contributed by atoms with Crippen LogP contribution < -0.4 is 16.4 Å². The fourth-order valence-corrected chi connectivity index (χ4v) is 0.587. The van der Waals surface area contributed by atoms with E-state index in [-0.39, 0.29) is 0 Å². The fraction of sp³-hybridized carbons (Fsp3) is 0.667. The van der Waals surface area contributed by atoms with Crippen LogP contribution in [0.15, 0.2) is 0 Å².